The third-order valence-electron chi connectivity index (χ3n) is 5.26. The molecule has 0 radical (unpaired) electrons. The maximum Gasteiger partial charge on any atom is 0.350 e. The van der Waals surface area contributed by atoms with Gasteiger partial charge in [-0.25, -0.2) is 19.2 Å². The fourth-order valence-corrected chi connectivity index (χ4v) is 3.70. The van der Waals surface area contributed by atoms with Crippen LogP contribution in [-0.4, -0.2) is 43.9 Å². The number of benzene rings is 2. The highest BCUT2D eigenvalue weighted by atomic mass is 32.1. The predicted molar refractivity (Wildman–Crippen MR) is 127 cm³/mol. The molecule has 0 bridgehead atoms. The second-order valence-electron chi connectivity index (χ2n) is 7.32. The molecule has 1 unspecified atom stereocenters. The summed E-state index contributed by atoms with van der Waals surface area (Å²) in [5, 5.41) is 4.38. The molecule has 3 N–H and O–H groups in total. The van der Waals surface area contributed by atoms with Crippen LogP contribution in [0.25, 0.3) is 5.95 Å². The van der Waals surface area contributed by atoms with Crippen LogP contribution in [-0.2, 0) is 6.42 Å². The van der Waals surface area contributed by atoms with E-state index in [-0.39, 0.29) is 28.1 Å². The Hall–Kier alpha value is -4.12. The lowest BCUT2D eigenvalue weighted by Gasteiger charge is -2.18. The van der Waals surface area contributed by atoms with Crippen LogP contribution in [0, 0.1) is 5.82 Å². The van der Waals surface area contributed by atoms with Gasteiger partial charge in [-0.3, -0.25) is 4.98 Å². The Morgan fingerprint density at radius 3 is 2.41 bits per heavy atom. The Morgan fingerprint density at radius 2 is 1.79 bits per heavy atom. The quantitative estimate of drug-likeness (QED) is 0.369. The van der Waals surface area contributed by atoms with Gasteiger partial charge in [0, 0.05) is 29.6 Å². The fourth-order valence-electron chi connectivity index (χ4n) is 3.57. The number of hydrogen-bond donors (Lipinski definition) is 2. The number of nitrogens with two attached hydrogens (primary N) is 1. The largest absolute Gasteiger partial charge is 0.493 e. The van der Waals surface area contributed by atoms with E-state index in [2.05, 4.69) is 20.1 Å². The van der Waals surface area contributed by atoms with Crippen molar-refractivity contribution in [3.05, 3.63) is 93.7 Å². The zero-order valence-electron chi connectivity index (χ0n) is 18.4. The van der Waals surface area contributed by atoms with Crippen molar-refractivity contribution in [2.24, 2.45) is 5.73 Å². The van der Waals surface area contributed by atoms with Gasteiger partial charge in [0.25, 0.3) is 5.95 Å². The van der Waals surface area contributed by atoms with E-state index in [0.717, 1.165) is 10.2 Å². The minimum atomic E-state index is -0.673. The van der Waals surface area contributed by atoms with Gasteiger partial charge in [0.2, 0.25) is 0 Å². The number of nitrogens with one attached hydrogen (secondary N) is 1. The molecule has 0 spiro atoms. The van der Waals surface area contributed by atoms with Crippen LogP contribution in [0.2, 0.25) is 0 Å². The molecule has 4 rings (SSSR count). The van der Waals surface area contributed by atoms with Crippen LogP contribution in [0.1, 0.15) is 28.4 Å². The van der Waals surface area contributed by atoms with Crippen LogP contribution in [0.5, 0.6) is 11.5 Å². The van der Waals surface area contributed by atoms with Gasteiger partial charge < -0.3 is 15.2 Å². The first-order chi connectivity index (χ1) is 16.4. The molecule has 0 fully saturated rings. The number of rotatable bonds is 8. The second kappa shape index (κ2) is 9.79. The second-order valence-corrected chi connectivity index (χ2v) is 7.76. The van der Waals surface area contributed by atoms with Gasteiger partial charge in [0.05, 0.1) is 20.1 Å². The average Bonchev–Trinajstić information content (AvgIpc) is 3.24. The Kier molecular flexibility index (Phi) is 6.64. The first kappa shape index (κ1) is 23.1. The zero-order chi connectivity index (χ0) is 24.2. The summed E-state index contributed by atoms with van der Waals surface area (Å²) in [5.74, 6) is -0.271. The molecule has 0 saturated carbocycles. The Morgan fingerprint density at radius 1 is 1.15 bits per heavy atom. The number of hydrogen-bond acceptors (Lipinski definition) is 7. The van der Waals surface area contributed by atoms with Gasteiger partial charge in [-0.05, 0) is 24.1 Å². The molecule has 1 atom stereocenters. The third kappa shape index (κ3) is 4.64. The Bertz CT molecular complexity index is 1370. The molecule has 2 heterocycles. The average molecular weight is 481 g/mol. The number of nitrogens with zero attached hydrogens (tertiary/aromatic N) is 4. The van der Waals surface area contributed by atoms with Crippen LogP contribution in [0.4, 0.5) is 4.39 Å². The molecular weight excluding hydrogens is 459 g/mol. The summed E-state index contributed by atoms with van der Waals surface area (Å²) < 4.78 is 26.9. The summed E-state index contributed by atoms with van der Waals surface area (Å²) in [4.78, 5) is 23.8. The van der Waals surface area contributed by atoms with Crippen molar-refractivity contribution >= 4 is 17.2 Å². The van der Waals surface area contributed by atoms with Gasteiger partial charge in [-0.15, -0.1) is 9.78 Å². The van der Waals surface area contributed by atoms with Crippen LogP contribution < -0.4 is 20.9 Å². The highest BCUT2D eigenvalue weighted by Gasteiger charge is 2.26. The number of aromatic amines is 1. The van der Waals surface area contributed by atoms with Gasteiger partial charge in [-0.2, -0.15) is 0 Å². The summed E-state index contributed by atoms with van der Waals surface area (Å²) in [6.07, 6.45) is 3.31. The monoisotopic (exact) mass is 480 g/mol. The van der Waals surface area contributed by atoms with E-state index in [1.165, 1.54) is 32.7 Å². The van der Waals surface area contributed by atoms with Gasteiger partial charge in [-0.1, -0.05) is 36.5 Å². The maximum absolute atomic E-state index is 15.3. The van der Waals surface area contributed by atoms with Crippen molar-refractivity contribution in [2.45, 2.75) is 12.3 Å². The van der Waals surface area contributed by atoms with Crippen molar-refractivity contribution in [1.29, 1.82) is 0 Å². The number of thiocarbonyl (C=S) groups is 1. The SMILES string of the molecule is COc1cc(F)c(C(Cc2ccc(C(N)=S)cc2)c2nn(-c3ncccn3)c(=O)[nH]2)cc1OC. The summed E-state index contributed by atoms with van der Waals surface area (Å²) in [6.45, 7) is 0. The van der Waals surface area contributed by atoms with E-state index < -0.39 is 17.4 Å². The predicted octanol–water partition coefficient (Wildman–Crippen LogP) is 2.52. The molecule has 11 heteroatoms. The first-order valence-electron chi connectivity index (χ1n) is 10.2. The molecule has 0 amide bonds. The third-order valence-corrected chi connectivity index (χ3v) is 5.50. The van der Waals surface area contributed by atoms with E-state index in [9.17, 15) is 4.79 Å². The summed E-state index contributed by atoms with van der Waals surface area (Å²) in [5.41, 5.74) is 6.98. The lowest BCUT2D eigenvalue weighted by atomic mass is 9.90. The van der Waals surface area contributed by atoms with Crippen molar-refractivity contribution < 1.29 is 13.9 Å². The minimum Gasteiger partial charge on any atom is -0.493 e. The fraction of sp³-hybridized carbons (Fsp3) is 0.174. The van der Waals surface area contributed by atoms with E-state index in [4.69, 9.17) is 27.4 Å². The highest BCUT2D eigenvalue weighted by Crippen LogP contribution is 2.36. The van der Waals surface area contributed by atoms with E-state index in [0.29, 0.717) is 17.7 Å². The first-order valence-corrected chi connectivity index (χ1v) is 10.6. The standard InChI is InChI=1S/C23H21FN6O3S/c1-32-18-11-15(17(24)12-19(18)33-2)16(10-13-4-6-14(7-5-13)20(25)34)21-28-23(31)30(29-21)22-26-8-3-9-27-22/h3-9,11-12,16H,10H2,1-2H3,(H2,25,34)(H,28,29,31). The number of halogens is 1. The number of methoxy groups -OCH3 is 2. The number of aromatic nitrogens is 5. The molecular formula is C23H21FN6O3S. The van der Waals surface area contributed by atoms with Crippen molar-refractivity contribution in [2.75, 3.05) is 14.2 Å². The van der Waals surface area contributed by atoms with E-state index in [1.54, 1.807) is 24.3 Å². The smallest absolute Gasteiger partial charge is 0.350 e. The molecule has 0 aliphatic carbocycles. The molecule has 2 aromatic carbocycles. The molecule has 0 aliphatic rings. The van der Waals surface area contributed by atoms with Gasteiger partial charge >= 0.3 is 5.69 Å². The van der Waals surface area contributed by atoms with Crippen molar-refractivity contribution in [1.82, 2.24) is 24.7 Å². The molecule has 34 heavy (non-hydrogen) atoms. The number of ether oxygens (including phenoxy) is 2. The van der Waals surface area contributed by atoms with Crippen molar-refractivity contribution in [3.8, 4) is 17.4 Å². The molecule has 0 saturated heterocycles. The summed E-state index contributed by atoms with van der Waals surface area (Å²) in [6, 6.07) is 11.7. The van der Waals surface area contributed by atoms with Crippen LogP contribution in [0.15, 0.2) is 59.7 Å². The van der Waals surface area contributed by atoms with Crippen LogP contribution in [0.3, 0.4) is 0 Å². The zero-order valence-corrected chi connectivity index (χ0v) is 19.2. The van der Waals surface area contributed by atoms with Crippen LogP contribution >= 0.6 is 12.2 Å². The maximum atomic E-state index is 15.3. The lowest BCUT2D eigenvalue weighted by molar-refractivity contribution is 0.351. The Balaban J connectivity index is 1.82. The molecule has 174 valence electrons. The summed E-state index contributed by atoms with van der Waals surface area (Å²) >= 11 is 5.02. The molecule has 2 aromatic heterocycles. The topological polar surface area (TPSA) is 121 Å². The van der Waals surface area contributed by atoms with Crippen molar-refractivity contribution in [3.63, 3.8) is 0 Å². The lowest BCUT2D eigenvalue weighted by Crippen LogP contribution is -2.18. The number of H-pyrrole nitrogens is 1. The summed E-state index contributed by atoms with van der Waals surface area (Å²) in [7, 11) is 2.89. The minimum absolute atomic E-state index is 0.0994. The van der Waals surface area contributed by atoms with Gasteiger partial charge in [0.1, 0.15) is 16.6 Å². The molecule has 4 aromatic rings. The Labute approximate surface area is 199 Å². The molecule has 0 aliphatic heterocycles. The normalized spacial score (nSPS) is 11.7. The van der Waals surface area contributed by atoms with E-state index in [1.807, 2.05) is 12.1 Å². The van der Waals surface area contributed by atoms with Gasteiger partial charge in [0.15, 0.2) is 11.5 Å². The molecule has 9 nitrogen and oxygen atoms in total. The highest BCUT2D eigenvalue weighted by molar-refractivity contribution is 7.80. The van der Waals surface area contributed by atoms with E-state index >= 15 is 4.39 Å².